The van der Waals surface area contributed by atoms with E-state index < -0.39 is 27.5 Å². The lowest BCUT2D eigenvalue weighted by atomic mass is 9.99. The fourth-order valence-electron chi connectivity index (χ4n) is 2.63. The van der Waals surface area contributed by atoms with Crippen molar-refractivity contribution in [2.24, 2.45) is 11.7 Å². The highest BCUT2D eigenvalue weighted by Gasteiger charge is 2.35. The van der Waals surface area contributed by atoms with Gasteiger partial charge in [0.05, 0.1) is 11.3 Å². The standard InChI is InChI=1S/C14H19F3N2O2S.ClH/c15-14(16,17)13-4-2-1-3-12(13)10-22(20,21)19-7-5-11(9-18)6-8-19;/h1-4,11H,5-10,18H2;1H. The van der Waals surface area contributed by atoms with Gasteiger partial charge in [-0.3, -0.25) is 0 Å². The molecule has 23 heavy (non-hydrogen) atoms. The van der Waals surface area contributed by atoms with Gasteiger partial charge < -0.3 is 5.73 Å². The van der Waals surface area contributed by atoms with Gasteiger partial charge in [0.25, 0.3) is 0 Å². The van der Waals surface area contributed by atoms with E-state index >= 15 is 0 Å². The summed E-state index contributed by atoms with van der Waals surface area (Å²) in [5, 5.41) is 0. The van der Waals surface area contributed by atoms with Crippen molar-refractivity contribution >= 4 is 22.4 Å². The third-order valence-corrected chi connectivity index (χ3v) is 5.79. The highest BCUT2D eigenvalue weighted by molar-refractivity contribution is 7.88. The molecule has 4 nitrogen and oxygen atoms in total. The molecule has 0 bridgehead atoms. The van der Waals surface area contributed by atoms with Crippen molar-refractivity contribution in [1.29, 1.82) is 0 Å². The summed E-state index contributed by atoms with van der Waals surface area (Å²) in [7, 11) is -3.76. The lowest BCUT2D eigenvalue weighted by molar-refractivity contribution is -0.138. The number of nitrogens with zero attached hydrogens (tertiary/aromatic N) is 1. The highest BCUT2D eigenvalue weighted by atomic mass is 35.5. The molecule has 0 radical (unpaired) electrons. The zero-order valence-corrected chi connectivity index (χ0v) is 14.1. The summed E-state index contributed by atoms with van der Waals surface area (Å²) < 4.78 is 64.8. The van der Waals surface area contributed by atoms with Crippen LogP contribution in [-0.4, -0.2) is 32.4 Å². The minimum atomic E-state index is -4.56. The van der Waals surface area contributed by atoms with Gasteiger partial charge in [-0.05, 0) is 36.9 Å². The predicted octanol–water partition coefficient (Wildman–Crippen LogP) is 2.63. The summed E-state index contributed by atoms with van der Waals surface area (Å²) >= 11 is 0. The van der Waals surface area contributed by atoms with E-state index in [9.17, 15) is 21.6 Å². The Morgan fingerprint density at radius 1 is 1.17 bits per heavy atom. The predicted molar refractivity (Wildman–Crippen MR) is 84.7 cm³/mol. The maximum absolute atomic E-state index is 12.9. The Morgan fingerprint density at radius 2 is 1.74 bits per heavy atom. The average molecular weight is 373 g/mol. The van der Waals surface area contributed by atoms with Crippen LogP contribution in [-0.2, 0) is 22.0 Å². The number of sulfonamides is 1. The topological polar surface area (TPSA) is 63.4 Å². The first kappa shape index (κ1) is 20.2. The molecule has 1 heterocycles. The van der Waals surface area contributed by atoms with E-state index in [4.69, 9.17) is 5.73 Å². The molecule has 0 aliphatic carbocycles. The maximum atomic E-state index is 12.9. The van der Waals surface area contributed by atoms with E-state index in [1.54, 1.807) is 0 Å². The molecule has 1 saturated heterocycles. The second-order valence-corrected chi connectivity index (χ2v) is 7.46. The maximum Gasteiger partial charge on any atom is 0.416 e. The third-order valence-electron chi connectivity index (χ3n) is 3.96. The van der Waals surface area contributed by atoms with Crippen molar-refractivity contribution in [2.75, 3.05) is 19.6 Å². The van der Waals surface area contributed by atoms with E-state index in [0.717, 1.165) is 6.07 Å². The lowest BCUT2D eigenvalue weighted by Gasteiger charge is -2.30. The highest BCUT2D eigenvalue weighted by Crippen LogP contribution is 2.33. The van der Waals surface area contributed by atoms with E-state index in [2.05, 4.69) is 0 Å². The Hall–Kier alpha value is -0.830. The Labute approximate surface area is 140 Å². The van der Waals surface area contributed by atoms with E-state index in [-0.39, 0.29) is 23.9 Å². The SMILES string of the molecule is Cl.NCC1CCN(S(=O)(=O)Cc2ccccc2C(F)(F)F)CC1. The third kappa shape index (κ3) is 5.07. The summed E-state index contributed by atoms with van der Waals surface area (Å²) in [5.74, 6) is -0.343. The first-order valence-corrected chi connectivity index (χ1v) is 8.68. The normalized spacial score (nSPS) is 17.7. The van der Waals surface area contributed by atoms with Crippen LogP contribution in [0.4, 0.5) is 13.2 Å². The van der Waals surface area contributed by atoms with Crippen LogP contribution >= 0.6 is 12.4 Å². The van der Waals surface area contributed by atoms with Gasteiger partial charge in [0.1, 0.15) is 0 Å². The Kier molecular flexibility index (Phi) is 6.88. The number of piperidine rings is 1. The van der Waals surface area contributed by atoms with Gasteiger partial charge in [-0.1, -0.05) is 18.2 Å². The lowest BCUT2D eigenvalue weighted by Crippen LogP contribution is -2.40. The van der Waals surface area contributed by atoms with E-state index in [1.165, 1.54) is 22.5 Å². The van der Waals surface area contributed by atoms with Gasteiger partial charge >= 0.3 is 6.18 Å². The van der Waals surface area contributed by atoms with E-state index in [1.807, 2.05) is 0 Å². The van der Waals surface area contributed by atoms with Crippen LogP contribution in [0.3, 0.4) is 0 Å². The van der Waals surface area contributed by atoms with Crippen LogP contribution in [0, 0.1) is 5.92 Å². The van der Waals surface area contributed by atoms with Crippen LogP contribution < -0.4 is 5.73 Å². The largest absolute Gasteiger partial charge is 0.416 e. The molecule has 2 N–H and O–H groups in total. The van der Waals surface area contributed by atoms with Crippen LogP contribution in [0.5, 0.6) is 0 Å². The van der Waals surface area contributed by atoms with Crippen LogP contribution in [0.15, 0.2) is 24.3 Å². The molecule has 0 aromatic heterocycles. The fraction of sp³-hybridized carbons (Fsp3) is 0.571. The van der Waals surface area contributed by atoms with Crippen LogP contribution in [0.2, 0.25) is 0 Å². The first-order chi connectivity index (χ1) is 10.2. The van der Waals surface area contributed by atoms with Crippen molar-refractivity contribution in [2.45, 2.75) is 24.8 Å². The Bertz CT molecular complexity index is 615. The zero-order valence-electron chi connectivity index (χ0n) is 12.4. The van der Waals surface area contributed by atoms with Crippen LogP contribution in [0.25, 0.3) is 0 Å². The molecule has 1 fully saturated rings. The number of hydrogen-bond donors (Lipinski definition) is 1. The van der Waals surface area contributed by atoms with Gasteiger partial charge in [0.15, 0.2) is 0 Å². The average Bonchev–Trinajstić information content (AvgIpc) is 2.46. The summed E-state index contributed by atoms with van der Waals surface area (Å²) in [6, 6.07) is 4.80. The molecule has 0 atom stereocenters. The Balaban J connectivity index is 0.00000264. The van der Waals surface area contributed by atoms with E-state index in [0.29, 0.717) is 32.5 Å². The molecule has 0 amide bonds. The van der Waals surface area contributed by atoms with Crippen LogP contribution in [0.1, 0.15) is 24.0 Å². The molecule has 9 heteroatoms. The molecule has 0 unspecified atom stereocenters. The summed E-state index contributed by atoms with van der Waals surface area (Å²) in [4.78, 5) is 0. The quantitative estimate of drug-likeness (QED) is 0.883. The summed E-state index contributed by atoms with van der Waals surface area (Å²) in [5.41, 5.74) is 4.45. The minimum Gasteiger partial charge on any atom is -0.330 e. The van der Waals surface area contributed by atoms with Crippen molar-refractivity contribution in [3.05, 3.63) is 35.4 Å². The monoisotopic (exact) mass is 372 g/mol. The smallest absolute Gasteiger partial charge is 0.330 e. The van der Waals surface area contributed by atoms with Gasteiger partial charge in [-0.25, -0.2) is 12.7 Å². The van der Waals surface area contributed by atoms with Crippen molar-refractivity contribution in [1.82, 2.24) is 4.31 Å². The first-order valence-electron chi connectivity index (χ1n) is 7.07. The number of halogens is 4. The number of rotatable bonds is 4. The van der Waals surface area contributed by atoms with Gasteiger partial charge in [0, 0.05) is 13.1 Å². The second kappa shape index (κ2) is 7.83. The zero-order chi connectivity index (χ0) is 16.4. The molecule has 0 saturated carbocycles. The molecule has 132 valence electrons. The summed E-state index contributed by atoms with van der Waals surface area (Å²) in [6.07, 6.45) is -3.26. The second-order valence-electron chi connectivity index (χ2n) is 5.49. The fourth-order valence-corrected chi connectivity index (χ4v) is 4.23. The molecule has 1 aromatic carbocycles. The number of benzene rings is 1. The number of hydrogen-bond acceptors (Lipinski definition) is 3. The number of nitrogens with two attached hydrogens (primary N) is 1. The van der Waals surface area contributed by atoms with Crippen molar-refractivity contribution in [3.63, 3.8) is 0 Å². The van der Waals surface area contributed by atoms with Gasteiger partial charge in [-0.15, -0.1) is 12.4 Å². The Morgan fingerprint density at radius 3 is 2.26 bits per heavy atom. The van der Waals surface area contributed by atoms with Gasteiger partial charge in [-0.2, -0.15) is 13.2 Å². The molecule has 1 aromatic rings. The summed E-state index contributed by atoms with van der Waals surface area (Å²) in [6.45, 7) is 1.14. The molecule has 2 rings (SSSR count). The molecule has 1 aliphatic heterocycles. The molecule has 0 spiro atoms. The van der Waals surface area contributed by atoms with Gasteiger partial charge in [0.2, 0.25) is 10.0 Å². The molecule has 1 aliphatic rings. The van der Waals surface area contributed by atoms with Crippen molar-refractivity contribution < 1.29 is 21.6 Å². The molecular weight excluding hydrogens is 353 g/mol. The minimum absolute atomic E-state index is 0. The van der Waals surface area contributed by atoms with Crippen molar-refractivity contribution in [3.8, 4) is 0 Å². The number of alkyl halides is 3. The molecular formula is C14H20ClF3N2O2S.